The summed E-state index contributed by atoms with van der Waals surface area (Å²) in [7, 11) is 1.48. The summed E-state index contributed by atoms with van der Waals surface area (Å²) in [5, 5.41) is 9.38. The topological polar surface area (TPSA) is 55.8 Å². The van der Waals surface area contributed by atoms with E-state index in [-0.39, 0.29) is 12.5 Å². The molecule has 0 fully saturated rings. The maximum absolute atomic E-state index is 10.7. The first-order chi connectivity index (χ1) is 6.70. The van der Waals surface area contributed by atoms with Crippen LogP contribution >= 0.6 is 0 Å². The van der Waals surface area contributed by atoms with Crippen LogP contribution in [0, 0.1) is 6.92 Å². The van der Waals surface area contributed by atoms with Gasteiger partial charge < -0.3 is 14.6 Å². The molecule has 0 bridgehead atoms. The van der Waals surface area contributed by atoms with Gasteiger partial charge in [0.25, 0.3) is 0 Å². The number of aldehydes is 1. The molecule has 1 aromatic carbocycles. The second kappa shape index (κ2) is 4.62. The fourth-order valence-electron chi connectivity index (χ4n) is 1.10. The van der Waals surface area contributed by atoms with Crippen LogP contribution in [0.15, 0.2) is 12.1 Å². The first-order valence-corrected chi connectivity index (χ1v) is 4.10. The summed E-state index contributed by atoms with van der Waals surface area (Å²) in [6.45, 7) is 1.72. The van der Waals surface area contributed by atoms with Gasteiger partial charge in [-0.15, -0.1) is 0 Å². The zero-order valence-electron chi connectivity index (χ0n) is 8.11. The molecule has 0 unspecified atom stereocenters. The van der Waals surface area contributed by atoms with Gasteiger partial charge in [-0.05, 0) is 19.1 Å². The van der Waals surface area contributed by atoms with Crippen LogP contribution in [0.25, 0.3) is 0 Å². The van der Waals surface area contributed by atoms with Gasteiger partial charge in [-0.2, -0.15) is 0 Å². The highest BCUT2D eigenvalue weighted by Gasteiger charge is 2.09. The average molecular weight is 196 g/mol. The summed E-state index contributed by atoms with van der Waals surface area (Å²) < 4.78 is 9.90. The predicted octanol–water partition coefficient (Wildman–Crippen LogP) is 1.50. The zero-order chi connectivity index (χ0) is 10.6. The highest BCUT2D eigenvalue weighted by molar-refractivity contribution is 5.81. The van der Waals surface area contributed by atoms with Crippen molar-refractivity contribution in [3.05, 3.63) is 23.3 Å². The van der Waals surface area contributed by atoms with E-state index in [1.165, 1.54) is 19.2 Å². The first-order valence-electron chi connectivity index (χ1n) is 4.10. The molecule has 76 valence electrons. The number of ether oxygens (including phenoxy) is 2. The number of methoxy groups -OCH3 is 1. The van der Waals surface area contributed by atoms with Gasteiger partial charge in [0.2, 0.25) is 0 Å². The SMILES string of the molecule is COCOc1c(C=O)ccc(O)c1C. The van der Waals surface area contributed by atoms with Gasteiger partial charge in [0, 0.05) is 12.7 Å². The van der Waals surface area contributed by atoms with Crippen LogP contribution in [0.3, 0.4) is 0 Å². The summed E-state index contributed by atoms with van der Waals surface area (Å²) in [6, 6.07) is 2.96. The number of carbonyl (C=O) groups excluding carboxylic acids is 1. The van der Waals surface area contributed by atoms with Gasteiger partial charge in [0.1, 0.15) is 11.5 Å². The molecule has 0 aliphatic heterocycles. The van der Waals surface area contributed by atoms with Gasteiger partial charge >= 0.3 is 0 Å². The van der Waals surface area contributed by atoms with E-state index in [9.17, 15) is 9.90 Å². The lowest BCUT2D eigenvalue weighted by molar-refractivity contribution is 0.0499. The Labute approximate surface area is 82.1 Å². The van der Waals surface area contributed by atoms with Crippen molar-refractivity contribution in [1.29, 1.82) is 0 Å². The molecule has 0 aliphatic rings. The summed E-state index contributed by atoms with van der Waals surface area (Å²) >= 11 is 0. The van der Waals surface area contributed by atoms with Crippen molar-refractivity contribution in [1.82, 2.24) is 0 Å². The molecule has 1 rings (SSSR count). The Morgan fingerprint density at radius 3 is 2.79 bits per heavy atom. The van der Waals surface area contributed by atoms with E-state index in [0.717, 1.165) is 0 Å². The quantitative estimate of drug-likeness (QED) is 0.585. The fraction of sp³-hybridized carbons (Fsp3) is 0.300. The summed E-state index contributed by atoms with van der Waals surface area (Å²) in [5.74, 6) is 0.462. The Bertz CT molecular complexity index is 333. The molecular formula is C10H12O4. The van der Waals surface area contributed by atoms with Gasteiger partial charge in [0.05, 0.1) is 5.56 Å². The molecular weight excluding hydrogens is 184 g/mol. The number of carbonyl (C=O) groups is 1. The maximum Gasteiger partial charge on any atom is 0.188 e. The monoisotopic (exact) mass is 196 g/mol. The first kappa shape index (κ1) is 10.5. The van der Waals surface area contributed by atoms with Gasteiger partial charge in [-0.25, -0.2) is 0 Å². The lowest BCUT2D eigenvalue weighted by Crippen LogP contribution is -2.03. The average Bonchev–Trinajstić information content (AvgIpc) is 2.20. The van der Waals surface area contributed by atoms with Gasteiger partial charge in [-0.3, -0.25) is 4.79 Å². The molecule has 4 heteroatoms. The normalized spacial score (nSPS) is 9.86. The smallest absolute Gasteiger partial charge is 0.188 e. The number of phenols is 1. The van der Waals surface area contributed by atoms with Crippen LogP contribution in [0.5, 0.6) is 11.5 Å². The van der Waals surface area contributed by atoms with Crippen LogP contribution in [-0.2, 0) is 4.74 Å². The van der Waals surface area contributed by atoms with Crippen LogP contribution in [0.1, 0.15) is 15.9 Å². The summed E-state index contributed by atoms with van der Waals surface area (Å²) in [5.41, 5.74) is 0.934. The van der Waals surface area contributed by atoms with E-state index in [2.05, 4.69) is 0 Å². The molecule has 1 aromatic rings. The number of phenolic OH excluding ortho intramolecular Hbond substituents is 1. The molecule has 0 radical (unpaired) electrons. The third kappa shape index (κ3) is 2.03. The Kier molecular flexibility index (Phi) is 3.48. The zero-order valence-corrected chi connectivity index (χ0v) is 8.11. The highest BCUT2D eigenvalue weighted by atomic mass is 16.7. The van der Waals surface area contributed by atoms with Gasteiger partial charge in [0.15, 0.2) is 13.1 Å². The Hall–Kier alpha value is -1.55. The molecule has 1 N–H and O–H groups in total. The van der Waals surface area contributed by atoms with Crippen molar-refractivity contribution < 1.29 is 19.4 Å². The number of hydrogen-bond acceptors (Lipinski definition) is 4. The van der Waals surface area contributed by atoms with Crippen LogP contribution in [0.4, 0.5) is 0 Å². The molecule has 0 saturated carbocycles. The molecule has 4 nitrogen and oxygen atoms in total. The Morgan fingerprint density at radius 1 is 1.50 bits per heavy atom. The number of aromatic hydroxyl groups is 1. The summed E-state index contributed by atoms with van der Waals surface area (Å²) in [6.07, 6.45) is 0.678. The van der Waals surface area contributed by atoms with Gasteiger partial charge in [-0.1, -0.05) is 0 Å². The minimum absolute atomic E-state index is 0.0468. The third-order valence-corrected chi connectivity index (χ3v) is 1.86. The van der Waals surface area contributed by atoms with Crippen molar-refractivity contribution in [2.75, 3.05) is 13.9 Å². The number of rotatable bonds is 4. The van der Waals surface area contributed by atoms with Crippen molar-refractivity contribution >= 4 is 6.29 Å². The lowest BCUT2D eigenvalue weighted by atomic mass is 10.1. The van der Waals surface area contributed by atoms with E-state index >= 15 is 0 Å². The van der Waals surface area contributed by atoms with Crippen molar-refractivity contribution in [2.24, 2.45) is 0 Å². The molecule has 14 heavy (non-hydrogen) atoms. The molecule has 0 heterocycles. The molecule has 0 aromatic heterocycles. The van der Waals surface area contributed by atoms with Crippen LogP contribution in [-0.4, -0.2) is 25.3 Å². The second-order valence-corrected chi connectivity index (χ2v) is 2.80. The van der Waals surface area contributed by atoms with Crippen LogP contribution in [0.2, 0.25) is 0 Å². The van der Waals surface area contributed by atoms with Crippen molar-refractivity contribution in [3.63, 3.8) is 0 Å². The number of benzene rings is 1. The molecule has 0 aliphatic carbocycles. The third-order valence-electron chi connectivity index (χ3n) is 1.86. The fourth-order valence-corrected chi connectivity index (χ4v) is 1.10. The van der Waals surface area contributed by atoms with Crippen molar-refractivity contribution in [2.45, 2.75) is 6.92 Å². The largest absolute Gasteiger partial charge is 0.508 e. The maximum atomic E-state index is 10.7. The minimum atomic E-state index is 0.0468. The predicted molar refractivity (Wildman–Crippen MR) is 50.7 cm³/mol. The van der Waals surface area contributed by atoms with Crippen molar-refractivity contribution in [3.8, 4) is 11.5 Å². The Balaban J connectivity index is 3.07. The second-order valence-electron chi connectivity index (χ2n) is 2.80. The standard InChI is InChI=1S/C10H12O4/c1-7-9(12)4-3-8(5-11)10(7)14-6-13-2/h3-5,12H,6H2,1-2H3. The number of hydrogen-bond donors (Lipinski definition) is 1. The molecule has 0 spiro atoms. The van der Waals surface area contributed by atoms with E-state index in [4.69, 9.17) is 9.47 Å². The van der Waals surface area contributed by atoms with E-state index in [0.29, 0.717) is 23.2 Å². The van der Waals surface area contributed by atoms with E-state index in [1.54, 1.807) is 6.92 Å². The highest BCUT2D eigenvalue weighted by Crippen LogP contribution is 2.29. The van der Waals surface area contributed by atoms with E-state index in [1.807, 2.05) is 0 Å². The van der Waals surface area contributed by atoms with Crippen LogP contribution < -0.4 is 4.74 Å². The molecule has 0 atom stereocenters. The summed E-state index contributed by atoms with van der Waals surface area (Å²) in [4.78, 5) is 10.7. The minimum Gasteiger partial charge on any atom is -0.508 e. The lowest BCUT2D eigenvalue weighted by Gasteiger charge is -2.11. The molecule has 0 amide bonds. The Morgan fingerprint density at radius 2 is 2.21 bits per heavy atom. The molecule has 0 saturated heterocycles. The van der Waals surface area contributed by atoms with E-state index < -0.39 is 0 Å².